The van der Waals surface area contributed by atoms with Crippen LogP contribution in [0.4, 0.5) is 15.2 Å². The number of amides is 3. The summed E-state index contributed by atoms with van der Waals surface area (Å²) >= 11 is 1.28. The molecule has 0 saturated heterocycles. The van der Waals surface area contributed by atoms with Gasteiger partial charge in [-0.1, -0.05) is 30.3 Å². The van der Waals surface area contributed by atoms with Crippen LogP contribution in [0.1, 0.15) is 30.4 Å². The fourth-order valence-electron chi connectivity index (χ4n) is 3.35. The highest BCUT2D eigenvalue weighted by Gasteiger charge is 2.31. The van der Waals surface area contributed by atoms with E-state index in [9.17, 15) is 18.8 Å². The minimum Gasteiger partial charge on any atom is -0.352 e. The van der Waals surface area contributed by atoms with E-state index in [2.05, 4.69) is 20.9 Å². The van der Waals surface area contributed by atoms with Gasteiger partial charge in [-0.2, -0.15) is 0 Å². The van der Waals surface area contributed by atoms with Crippen molar-refractivity contribution < 1.29 is 18.8 Å². The van der Waals surface area contributed by atoms with E-state index in [-0.39, 0.29) is 24.1 Å². The van der Waals surface area contributed by atoms with E-state index in [1.807, 2.05) is 29.6 Å². The van der Waals surface area contributed by atoms with Gasteiger partial charge in [-0.3, -0.25) is 14.4 Å². The molecule has 2 aromatic carbocycles. The lowest BCUT2D eigenvalue weighted by atomic mass is 9.90. The molecule has 1 aromatic heterocycles. The van der Waals surface area contributed by atoms with Crippen LogP contribution in [-0.2, 0) is 20.9 Å². The van der Waals surface area contributed by atoms with Crippen LogP contribution < -0.4 is 16.0 Å². The molecule has 9 heteroatoms. The second-order valence-corrected chi connectivity index (χ2v) is 8.03. The maximum absolute atomic E-state index is 13.5. The molecule has 1 aliphatic rings. The number of hydrogen-bond acceptors (Lipinski definition) is 5. The van der Waals surface area contributed by atoms with Gasteiger partial charge in [-0.15, -0.1) is 11.3 Å². The number of halogens is 1. The Morgan fingerprint density at radius 2 is 2.00 bits per heavy atom. The van der Waals surface area contributed by atoms with Crippen LogP contribution in [0.5, 0.6) is 0 Å². The predicted octanol–water partition coefficient (Wildman–Crippen LogP) is 3.65. The molecule has 1 aliphatic heterocycles. The van der Waals surface area contributed by atoms with Crippen molar-refractivity contribution in [2.45, 2.75) is 25.8 Å². The number of nitrogens with one attached hydrogen (secondary N) is 3. The minimum absolute atomic E-state index is 0.0154. The van der Waals surface area contributed by atoms with Gasteiger partial charge in [-0.05, 0) is 23.3 Å². The summed E-state index contributed by atoms with van der Waals surface area (Å²) in [4.78, 5) is 40.3. The quantitative estimate of drug-likeness (QED) is 0.566. The number of aromatic nitrogens is 1. The Balaban J connectivity index is 1.46. The molecule has 31 heavy (non-hydrogen) atoms. The molecule has 0 bridgehead atoms. The average Bonchev–Trinajstić information content (AvgIpc) is 3.20. The lowest BCUT2D eigenvalue weighted by molar-refractivity contribution is -0.123. The topological polar surface area (TPSA) is 100 Å². The van der Waals surface area contributed by atoms with E-state index in [4.69, 9.17) is 0 Å². The first kappa shape index (κ1) is 20.7. The van der Waals surface area contributed by atoms with Crippen LogP contribution in [0.15, 0.2) is 47.8 Å². The van der Waals surface area contributed by atoms with E-state index in [1.54, 1.807) is 0 Å². The van der Waals surface area contributed by atoms with Crippen molar-refractivity contribution in [1.82, 2.24) is 10.3 Å². The summed E-state index contributed by atoms with van der Waals surface area (Å²) < 4.78 is 13.5. The smallest absolute Gasteiger partial charge is 0.234 e. The van der Waals surface area contributed by atoms with Gasteiger partial charge < -0.3 is 16.0 Å². The van der Waals surface area contributed by atoms with Crippen LogP contribution in [0.3, 0.4) is 0 Å². The zero-order valence-corrected chi connectivity index (χ0v) is 17.4. The minimum atomic E-state index is -0.718. The normalized spacial score (nSPS) is 15.0. The first-order valence-electron chi connectivity index (χ1n) is 9.58. The highest BCUT2D eigenvalue weighted by Crippen LogP contribution is 2.34. The standard InChI is InChI=1S/C22H19FN4O3S/c1-12(28)24-10-13-2-4-14(5-3-13)19-11-31-22(26-19)27-21(30)17-9-20(29)25-18-8-15(23)6-7-16(17)18/h2-8,11,17H,9-10H2,1H3,(H,24,28)(H,25,29)(H,26,27,30). The summed E-state index contributed by atoms with van der Waals surface area (Å²) in [5, 5.41) is 10.4. The molecule has 3 amide bonds. The van der Waals surface area contributed by atoms with Crippen LogP contribution in [0.25, 0.3) is 11.3 Å². The third-order valence-electron chi connectivity index (χ3n) is 4.90. The lowest BCUT2D eigenvalue weighted by Crippen LogP contribution is -2.30. The first-order valence-corrected chi connectivity index (χ1v) is 10.5. The molecule has 2 heterocycles. The summed E-state index contributed by atoms with van der Waals surface area (Å²) in [6.07, 6.45) is -0.0154. The number of hydrogen-bond donors (Lipinski definition) is 3. The van der Waals surface area contributed by atoms with Crippen molar-refractivity contribution in [1.29, 1.82) is 0 Å². The molecule has 0 fully saturated rings. The number of nitrogens with zero attached hydrogens (tertiary/aromatic N) is 1. The summed E-state index contributed by atoms with van der Waals surface area (Å²) in [5.74, 6) is -1.99. The van der Waals surface area contributed by atoms with E-state index in [1.165, 1.54) is 36.5 Å². The fourth-order valence-corrected chi connectivity index (χ4v) is 4.07. The second kappa shape index (κ2) is 8.65. The number of carbonyl (C=O) groups is 3. The van der Waals surface area contributed by atoms with E-state index < -0.39 is 11.7 Å². The molecule has 4 rings (SSSR count). The van der Waals surface area contributed by atoms with Gasteiger partial charge in [0.1, 0.15) is 5.82 Å². The van der Waals surface area contributed by atoms with Crippen molar-refractivity contribution in [3.8, 4) is 11.3 Å². The molecular formula is C22H19FN4O3S. The molecule has 1 atom stereocenters. The molecule has 3 N–H and O–H groups in total. The molecule has 0 saturated carbocycles. The Morgan fingerprint density at radius 3 is 2.74 bits per heavy atom. The molecule has 1 unspecified atom stereocenters. The number of thiazole rings is 1. The Morgan fingerprint density at radius 1 is 1.23 bits per heavy atom. The maximum Gasteiger partial charge on any atom is 0.234 e. The Kier molecular flexibility index (Phi) is 5.77. The van der Waals surface area contributed by atoms with Crippen LogP contribution in [0.2, 0.25) is 0 Å². The van der Waals surface area contributed by atoms with Crippen molar-refractivity contribution >= 4 is 39.9 Å². The highest BCUT2D eigenvalue weighted by molar-refractivity contribution is 7.14. The molecule has 0 aliphatic carbocycles. The largest absolute Gasteiger partial charge is 0.352 e. The fraction of sp³-hybridized carbons (Fsp3) is 0.182. The summed E-state index contributed by atoms with van der Waals surface area (Å²) in [6.45, 7) is 1.92. The highest BCUT2D eigenvalue weighted by atomic mass is 32.1. The Bertz CT molecular complexity index is 1160. The zero-order chi connectivity index (χ0) is 22.0. The average molecular weight is 438 g/mol. The summed E-state index contributed by atoms with van der Waals surface area (Å²) in [6, 6.07) is 11.6. The molecule has 158 valence electrons. The first-order chi connectivity index (χ1) is 14.9. The molecule has 0 radical (unpaired) electrons. The molecule has 7 nitrogen and oxygen atoms in total. The maximum atomic E-state index is 13.5. The van der Waals surface area contributed by atoms with Crippen molar-refractivity contribution in [2.75, 3.05) is 10.6 Å². The van der Waals surface area contributed by atoms with Crippen LogP contribution >= 0.6 is 11.3 Å². The van der Waals surface area contributed by atoms with Crippen molar-refractivity contribution in [3.63, 3.8) is 0 Å². The predicted molar refractivity (Wildman–Crippen MR) is 116 cm³/mol. The van der Waals surface area contributed by atoms with Gasteiger partial charge in [0, 0.05) is 36.5 Å². The summed E-state index contributed by atoms with van der Waals surface area (Å²) in [5.41, 5.74) is 3.44. The Labute approximate surface area is 181 Å². The number of carbonyl (C=O) groups excluding carboxylic acids is 3. The van der Waals surface area contributed by atoms with Gasteiger partial charge >= 0.3 is 0 Å². The summed E-state index contributed by atoms with van der Waals surface area (Å²) in [7, 11) is 0. The second-order valence-electron chi connectivity index (χ2n) is 7.17. The van der Waals surface area contributed by atoms with E-state index in [0.717, 1.165) is 11.1 Å². The van der Waals surface area contributed by atoms with Gasteiger partial charge in [0.25, 0.3) is 0 Å². The van der Waals surface area contributed by atoms with Crippen LogP contribution in [-0.4, -0.2) is 22.7 Å². The number of benzene rings is 2. The van der Waals surface area contributed by atoms with E-state index in [0.29, 0.717) is 28.6 Å². The Hall–Kier alpha value is -3.59. The molecular weight excluding hydrogens is 419 g/mol. The van der Waals surface area contributed by atoms with Crippen molar-refractivity contribution in [3.05, 3.63) is 64.8 Å². The lowest BCUT2D eigenvalue weighted by Gasteiger charge is -2.24. The van der Waals surface area contributed by atoms with E-state index >= 15 is 0 Å². The van der Waals surface area contributed by atoms with Gasteiger partial charge in [0.05, 0.1) is 11.6 Å². The number of fused-ring (bicyclic) bond motifs is 1. The van der Waals surface area contributed by atoms with Gasteiger partial charge in [0.15, 0.2) is 5.13 Å². The number of anilines is 2. The van der Waals surface area contributed by atoms with Crippen LogP contribution in [0, 0.1) is 5.82 Å². The molecule has 0 spiro atoms. The monoisotopic (exact) mass is 438 g/mol. The zero-order valence-electron chi connectivity index (χ0n) is 16.6. The molecule has 3 aromatic rings. The third-order valence-corrected chi connectivity index (χ3v) is 5.65. The van der Waals surface area contributed by atoms with Crippen molar-refractivity contribution in [2.24, 2.45) is 0 Å². The SMILES string of the molecule is CC(=O)NCc1ccc(-c2csc(NC(=O)C3CC(=O)Nc4cc(F)ccc43)n2)cc1. The third kappa shape index (κ3) is 4.77. The number of rotatable bonds is 5. The van der Waals surface area contributed by atoms with Gasteiger partial charge in [-0.25, -0.2) is 9.37 Å². The van der Waals surface area contributed by atoms with Gasteiger partial charge in [0.2, 0.25) is 17.7 Å².